The molecule has 27 heavy (non-hydrogen) atoms. The van der Waals surface area contributed by atoms with Gasteiger partial charge in [0.05, 0.1) is 11.1 Å². The van der Waals surface area contributed by atoms with Gasteiger partial charge in [-0.1, -0.05) is 11.6 Å². The fraction of sp³-hybridized carbons (Fsp3) is 0. The molecule has 1 aromatic carbocycles. The predicted octanol–water partition coefficient (Wildman–Crippen LogP) is 2.98. The van der Waals surface area contributed by atoms with Crippen molar-refractivity contribution in [3.05, 3.63) is 75.8 Å². The molecule has 0 aliphatic carbocycles. The zero-order valence-electron chi connectivity index (χ0n) is 13.5. The second-order valence-corrected chi connectivity index (χ2v) is 5.45. The number of ether oxygens (including phenoxy) is 1. The molecule has 0 atom stereocenters. The molecule has 0 aliphatic rings. The smallest absolute Gasteiger partial charge is 0.374 e. The number of hydrogen-bond donors (Lipinski definition) is 2. The van der Waals surface area contributed by atoms with Gasteiger partial charge in [-0.2, -0.15) is 4.98 Å². The summed E-state index contributed by atoms with van der Waals surface area (Å²) in [6, 6.07) is 9.27. The Morgan fingerprint density at radius 2 is 1.96 bits per heavy atom. The Balaban J connectivity index is 1.80. The first kappa shape index (κ1) is 18.0. The number of hydrazine groups is 1. The Kier molecular flexibility index (Phi) is 5.38. The van der Waals surface area contributed by atoms with Gasteiger partial charge in [0.15, 0.2) is 0 Å². The maximum absolute atomic E-state index is 12.1. The normalized spacial score (nSPS) is 10.1. The van der Waals surface area contributed by atoms with Crippen molar-refractivity contribution in [3.63, 3.8) is 0 Å². The fourth-order valence-corrected chi connectivity index (χ4v) is 2.13. The van der Waals surface area contributed by atoms with Crippen LogP contribution in [0.2, 0.25) is 5.02 Å². The highest BCUT2D eigenvalue weighted by molar-refractivity contribution is 6.30. The van der Waals surface area contributed by atoms with E-state index in [1.54, 1.807) is 24.3 Å². The highest BCUT2D eigenvalue weighted by Crippen LogP contribution is 2.33. The molecule has 2 aromatic heterocycles. The summed E-state index contributed by atoms with van der Waals surface area (Å²) < 4.78 is 5.39. The Labute approximate surface area is 157 Å². The van der Waals surface area contributed by atoms with E-state index in [0.717, 1.165) is 6.33 Å². The number of hydrogen-bond acceptors (Lipinski definition) is 8. The first-order valence-corrected chi connectivity index (χ1v) is 7.81. The molecule has 11 heteroatoms. The van der Waals surface area contributed by atoms with Crippen LogP contribution in [0.15, 0.2) is 55.1 Å². The standard InChI is InChI=1S/C16H11ClN6O4/c17-11-5-3-10(4-6-11)15(24)22-21-14-13(23(25)26)16(20-9-19-14)27-12-2-1-7-18-8-12/h1-9H,(H,22,24)(H,19,20,21). The summed E-state index contributed by atoms with van der Waals surface area (Å²) in [6.45, 7) is 0. The predicted molar refractivity (Wildman–Crippen MR) is 95.5 cm³/mol. The molecule has 3 rings (SSSR count). The van der Waals surface area contributed by atoms with Gasteiger partial charge in [-0.25, -0.2) is 4.98 Å². The molecular weight excluding hydrogens is 376 g/mol. The van der Waals surface area contributed by atoms with Crippen LogP contribution in [0.4, 0.5) is 11.5 Å². The van der Waals surface area contributed by atoms with Crippen molar-refractivity contribution in [1.82, 2.24) is 20.4 Å². The van der Waals surface area contributed by atoms with Crippen LogP contribution in [-0.4, -0.2) is 25.8 Å². The third-order valence-electron chi connectivity index (χ3n) is 3.22. The Hall–Kier alpha value is -3.79. The number of aromatic nitrogens is 3. The van der Waals surface area contributed by atoms with Gasteiger partial charge in [0.2, 0.25) is 5.82 Å². The minimum Gasteiger partial charge on any atom is -0.432 e. The van der Waals surface area contributed by atoms with E-state index in [4.69, 9.17) is 16.3 Å². The summed E-state index contributed by atoms with van der Waals surface area (Å²) in [5.74, 6) is -0.813. The number of amides is 1. The van der Waals surface area contributed by atoms with E-state index in [1.807, 2.05) is 0 Å². The Morgan fingerprint density at radius 3 is 2.63 bits per heavy atom. The van der Waals surface area contributed by atoms with Crippen molar-refractivity contribution in [2.24, 2.45) is 0 Å². The van der Waals surface area contributed by atoms with E-state index in [-0.39, 0.29) is 17.4 Å². The Bertz CT molecular complexity index is 968. The second-order valence-electron chi connectivity index (χ2n) is 5.01. The third-order valence-corrected chi connectivity index (χ3v) is 3.47. The number of anilines is 1. The molecule has 1 amide bonds. The van der Waals surface area contributed by atoms with Crippen molar-refractivity contribution < 1.29 is 14.5 Å². The number of rotatable bonds is 6. The highest BCUT2D eigenvalue weighted by Gasteiger charge is 2.25. The molecule has 0 spiro atoms. The van der Waals surface area contributed by atoms with Crippen LogP contribution in [0, 0.1) is 10.1 Å². The fourth-order valence-electron chi connectivity index (χ4n) is 2.00. The monoisotopic (exact) mass is 386 g/mol. The number of nitrogens with zero attached hydrogens (tertiary/aromatic N) is 4. The van der Waals surface area contributed by atoms with Gasteiger partial charge >= 0.3 is 11.6 Å². The van der Waals surface area contributed by atoms with E-state index in [1.165, 1.54) is 24.5 Å². The SMILES string of the molecule is O=C(NNc1ncnc(Oc2cccnc2)c1[N+](=O)[O-])c1ccc(Cl)cc1. The number of nitrogens with one attached hydrogen (secondary N) is 2. The molecule has 2 heterocycles. The number of benzene rings is 1. The zero-order valence-corrected chi connectivity index (χ0v) is 14.3. The summed E-state index contributed by atoms with van der Waals surface area (Å²) in [7, 11) is 0. The van der Waals surface area contributed by atoms with Crippen LogP contribution in [0.1, 0.15) is 10.4 Å². The van der Waals surface area contributed by atoms with Crippen LogP contribution in [0.5, 0.6) is 11.6 Å². The summed E-state index contributed by atoms with van der Waals surface area (Å²) in [4.78, 5) is 34.3. The van der Waals surface area contributed by atoms with E-state index in [0.29, 0.717) is 10.6 Å². The van der Waals surface area contributed by atoms with Crippen molar-refractivity contribution in [2.45, 2.75) is 0 Å². The molecule has 0 saturated carbocycles. The lowest BCUT2D eigenvalue weighted by Gasteiger charge is -2.10. The lowest BCUT2D eigenvalue weighted by Crippen LogP contribution is -2.30. The van der Waals surface area contributed by atoms with Gasteiger partial charge < -0.3 is 4.74 Å². The van der Waals surface area contributed by atoms with Gasteiger partial charge in [0, 0.05) is 16.8 Å². The summed E-state index contributed by atoms with van der Waals surface area (Å²) in [5, 5.41) is 11.9. The molecule has 10 nitrogen and oxygen atoms in total. The number of pyridine rings is 1. The number of halogens is 1. The van der Waals surface area contributed by atoms with Crippen molar-refractivity contribution >= 4 is 29.0 Å². The van der Waals surface area contributed by atoms with E-state index < -0.39 is 16.5 Å². The first-order chi connectivity index (χ1) is 13.0. The van der Waals surface area contributed by atoms with E-state index in [9.17, 15) is 14.9 Å². The zero-order chi connectivity index (χ0) is 19.2. The van der Waals surface area contributed by atoms with Crippen LogP contribution in [-0.2, 0) is 0 Å². The second kappa shape index (κ2) is 8.06. The summed E-state index contributed by atoms with van der Waals surface area (Å²) >= 11 is 5.77. The molecule has 3 aromatic rings. The lowest BCUT2D eigenvalue weighted by molar-refractivity contribution is -0.385. The van der Waals surface area contributed by atoms with Gasteiger partial charge in [-0.3, -0.25) is 30.7 Å². The van der Waals surface area contributed by atoms with E-state index >= 15 is 0 Å². The quantitative estimate of drug-likeness (QED) is 0.488. The molecular formula is C16H11ClN6O4. The highest BCUT2D eigenvalue weighted by atomic mass is 35.5. The average Bonchev–Trinajstić information content (AvgIpc) is 2.67. The molecule has 0 radical (unpaired) electrons. The molecule has 0 aliphatic heterocycles. The van der Waals surface area contributed by atoms with Gasteiger partial charge in [-0.05, 0) is 36.4 Å². The van der Waals surface area contributed by atoms with Gasteiger partial charge in [0.25, 0.3) is 5.91 Å². The number of carbonyl (C=O) groups excluding carboxylic acids is 1. The molecule has 2 N–H and O–H groups in total. The van der Waals surface area contributed by atoms with Gasteiger partial charge in [0.1, 0.15) is 12.1 Å². The van der Waals surface area contributed by atoms with Gasteiger partial charge in [-0.15, -0.1) is 0 Å². The molecule has 136 valence electrons. The third kappa shape index (κ3) is 4.44. The Morgan fingerprint density at radius 1 is 1.19 bits per heavy atom. The van der Waals surface area contributed by atoms with E-state index in [2.05, 4.69) is 25.8 Å². The van der Waals surface area contributed by atoms with Crippen molar-refractivity contribution in [1.29, 1.82) is 0 Å². The molecule has 0 fully saturated rings. The maximum atomic E-state index is 12.1. The van der Waals surface area contributed by atoms with Crippen LogP contribution < -0.4 is 15.6 Å². The summed E-state index contributed by atoms with van der Waals surface area (Å²) in [6.07, 6.45) is 3.97. The average molecular weight is 387 g/mol. The van der Waals surface area contributed by atoms with Crippen molar-refractivity contribution in [3.8, 4) is 11.6 Å². The number of carbonyl (C=O) groups is 1. The van der Waals surface area contributed by atoms with Crippen molar-refractivity contribution in [2.75, 3.05) is 5.43 Å². The molecule has 0 unspecified atom stereocenters. The lowest BCUT2D eigenvalue weighted by atomic mass is 10.2. The molecule has 0 bridgehead atoms. The topological polar surface area (TPSA) is 132 Å². The maximum Gasteiger partial charge on any atom is 0.374 e. The largest absolute Gasteiger partial charge is 0.432 e. The molecule has 0 saturated heterocycles. The minimum atomic E-state index is -0.720. The summed E-state index contributed by atoms with van der Waals surface area (Å²) in [5.41, 5.74) is 4.50. The number of nitro groups is 1. The minimum absolute atomic E-state index is 0.240. The van der Waals surface area contributed by atoms with Crippen LogP contribution in [0.25, 0.3) is 0 Å². The van der Waals surface area contributed by atoms with Crippen LogP contribution >= 0.6 is 11.6 Å². The first-order valence-electron chi connectivity index (χ1n) is 7.44. The van der Waals surface area contributed by atoms with Crippen LogP contribution in [0.3, 0.4) is 0 Å².